The number of nitrogens with one attached hydrogen (secondary N) is 1. The first-order chi connectivity index (χ1) is 9.12. The average molecular weight is 290 g/mol. The van der Waals surface area contributed by atoms with Crippen LogP contribution in [-0.2, 0) is 11.2 Å². The normalized spacial score (nSPS) is 12.8. The number of para-hydroxylation sites is 1. The molecule has 1 aromatic carbocycles. The Morgan fingerprint density at radius 3 is 2.50 bits per heavy atom. The molecule has 1 atom stereocenters. The lowest BCUT2D eigenvalue weighted by molar-refractivity contribution is -0.384. The van der Waals surface area contributed by atoms with Crippen LogP contribution in [0.3, 0.4) is 0 Å². The van der Waals surface area contributed by atoms with E-state index in [-0.39, 0.29) is 11.3 Å². The van der Waals surface area contributed by atoms with Gasteiger partial charge in [0.15, 0.2) is 0 Å². The van der Waals surface area contributed by atoms with Crippen LogP contribution in [0.15, 0.2) is 18.2 Å². The molecule has 0 fully saturated rings. The molecule has 0 saturated heterocycles. The highest BCUT2D eigenvalue weighted by molar-refractivity contribution is 5.92. The lowest BCUT2D eigenvalue weighted by atomic mass is 9.98. The van der Waals surface area contributed by atoms with E-state index in [1.165, 1.54) is 12.1 Å². The van der Waals surface area contributed by atoms with E-state index in [0.29, 0.717) is 0 Å². The second-order valence-corrected chi connectivity index (χ2v) is 4.40. The summed E-state index contributed by atoms with van der Waals surface area (Å²) >= 11 is 0. The Morgan fingerprint density at radius 2 is 2.05 bits per heavy atom. The molecule has 20 heavy (non-hydrogen) atoms. The quantitative estimate of drug-likeness (QED) is 0.683. The van der Waals surface area contributed by atoms with Crippen molar-refractivity contribution in [3.8, 4) is 0 Å². The van der Waals surface area contributed by atoms with Gasteiger partial charge < -0.3 is 5.32 Å². The molecule has 1 aromatic rings. The molecule has 1 rings (SSSR count). The molecule has 8 heteroatoms. The monoisotopic (exact) mass is 290 g/mol. The fraction of sp³-hybridized carbons (Fsp3) is 0.417. The fourth-order valence-electron chi connectivity index (χ4n) is 1.67. The van der Waals surface area contributed by atoms with E-state index in [4.69, 9.17) is 0 Å². The van der Waals surface area contributed by atoms with Gasteiger partial charge in [-0.25, -0.2) is 0 Å². The average Bonchev–Trinajstić information content (AvgIpc) is 2.28. The molecular formula is C12H13F3N2O3. The summed E-state index contributed by atoms with van der Waals surface area (Å²) < 4.78 is 37.7. The van der Waals surface area contributed by atoms with Crippen LogP contribution in [0, 0.1) is 16.0 Å². The number of hydrogen-bond donors (Lipinski definition) is 1. The van der Waals surface area contributed by atoms with Gasteiger partial charge in [0, 0.05) is 13.0 Å². The number of nitro groups is 1. The van der Waals surface area contributed by atoms with Gasteiger partial charge >= 0.3 is 6.18 Å². The van der Waals surface area contributed by atoms with E-state index in [9.17, 15) is 28.1 Å². The van der Waals surface area contributed by atoms with Crippen LogP contribution in [0.4, 0.5) is 24.5 Å². The molecule has 0 bridgehead atoms. The largest absolute Gasteiger partial charge is 0.391 e. The SMILES string of the molecule is CC(=O)Nc1c(CC(C)C(F)(F)F)cccc1[N+](=O)[O-]. The smallest absolute Gasteiger partial charge is 0.320 e. The third-order valence-corrected chi connectivity index (χ3v) is 2.71. The van der Waals surface area contributed by atoms with Gasteiger partial charge in [0.2, 0.25) is 5.91 Å². The molecule has 0 spiro atoms. The number of rotatable bonds is 4. The molecule has 0 aliphatic rings. The first-order valence-corrected chi connectivity index (χ1v) is 5.73. The van der Waals surface area contributed by atoms with Crippen LogP contribution < -0.4 is 5.32 Å². The van der Waals surface area contributed by atoms with Crippen LogP contribution in [0.5, 0.6) is 0 Å². The molecule has 0 heterocycles. The summed E-state index contributed by atoms with van der Waals surface area (Å²) in [5, 5.41) is 13.1. The summed E-state index contributed by atoms with van der Waals surface area (Å²) in [4.78, 5) is 21.2. The van der Waals surface area contributed by atoms with Crippen molar-refractivity contribution in [2.75, 3.05) is 5.32 Å². The summed E-state index contributed by atoms with van der Waals surface area (Å²) in [6.45, 7) is 2.12. The summed E-state index contributed by atoms with van der Waals surface area (Å²) in [5.74, 6) is -2.25. The summed E-state index contributed by atoms with van der Waals surface area (Å²) in [6.07, 6.45) is -4.85. The molecule has 110 valence electrons. The Labute approximate surface area is 112 Å². The standard InChI is InChI=1S/C12H13F3N2O3/c1-7(12(13,14)15)6-9-4-3-5-10(17(19)20)11(9)16-8(2)18/h3-5,7H,6H2,1-2H3,(H,16,18). The molecule has 0 aliphatic carbocycles. The lowest BCUT2D eigenvalue weighted by Gasteiger charge is -2.17. The number of anilines is 1. The Hall–Kier alpha value is -2.12. The number of amides is 1. The molecule has 0 aromatic heterocycles. The first kappa shape index (κ1) is 15.9. The molecule has 5 nitrogen and oxygen atoms in total. The second-order valence-electron chi connectivity index (χ2n) is 4.40. The number of benzene rings is 1. The van der Waals surface area contributed by atoms with Crippen molar-refractivity contribution >= 4 is 17.3 Å². The first-order valence-electron chi connectivity index (χ1n) is 5.73. The van der Waals surface area contributed by atoms with Crippen molar-refractivity contribution in [1.29, 1.82) is 0 Å². The number of nitrogens with zero attached hydrogens (tertiary/aromatic N) is 1. The predicted molar refractivity (Wildman–Crippen MR) is 66.3 cm³/mol. The lowest BCUT2D eigenvalue weighted by Crippen LogP contribution is -2.22. The second kappa shape index (κ2) is 5.89. The minimum atomic E-state index is -4.40. The molecule has 0 aliphatic heterocycles. The summed E-state index contributed by atoms with van der Waals surface area (Å²) in [7, 11) is 0. The highest BCUT2D eigenvalue weighted by Gasteiger charge is 2.36. The van der Waals surface area contributed by atoms with Crippen molar-refractivity contribution in [3.05, 3.63) is 33.9 Å². The zero-order valence-corrected chi connectivity index (χ0v) is 10.8. The van der Waals surface area contributed by atoms with Crippen molar-refractivity contribution in [1.82, 2.24) is 0 Å². The van der Waals surface area contributed by atoms with Crippen LogP contribution in [-0.4, -0.2) is 17.0 Å². The van der Waals surface area contributed by atoms with Gasteiger partial charge in [-0.15, -0.1) is 0 Å². The minimum Gasteiger partial charge on any atom is -0.320 e. The Morgan fingerprint density at radius 1 is 1.45 bits per heavy atom. The third kappa shape index (κ3) is 3.94. The van der Waals surface area contributed by atoms with Crippen LogP contribution in [0.2, 0.25) is 0 Å². The van der Waals surface area contributed by atoms with Gasteiger partial charge in [0.1, 0.15) is 5.69 Å². The van der Waals surface area contributed by atoms with Crippen molar-refractivity contribution in [2.45, 2.75) is 26.4 Å². The molecule has 0 saturated carbocycles. The van der Waals surface area contributed by atoms with Crippen molar-refractivity contribution in [2.24, 2.45) is 5.92 Å². The Bertz CT molecular complexity index is 529. The van der Waals surface area contributed by atoms with Crippen LogP contribution in [0.1, 0.15) is 19.4 Å². The maximum Gasteiger partial charge on any atom is 0.391 e. The van der Waals surface area contributed by atoms with Gasteiger partial charge in [0.25, 0.3) is 5.69 Å². The van der Waals surface area contributed by atoms with E-state index in [1.807, 2.05) is 0 Å². The molecule has 0 radical (unpaired) electrons. The third-order valence-electron chi connectivity index (χ3n) is 2.71. The van der Waals surface area contributed by atoms with Crippen molar-refractivity contribution in [3.63, 3.8) is 0 Å². The summed E-state index contributed by atoms with van der Waals surface area (Å²) in [6, 6.07) is 3.76. The maximum absolute atomic E-state index is 12.6. The highest BCUT2D eigenvalue weighted by Crippen LogP contribution is 2.34. The number of carbonyl (C=O) groups is 1. The van der Waals surface area contributed by atoms with Gasteiger partial charge in [-0.2, -0.15) is 13.2 Å². The van der Waals surface area contributed by atoms with Gasteiger partial charge in [0.05, 0.1) is 10.8 Å². The molecule has 1 amide bonds. The topological polar surface area (TPSA) is 72.2 Å². The van der Waals surface area contributed by atoms with E-state index in [1.54, 1.807) is 0 Å². The van der Waals surface area contributed by atoms with E-state index >= 15 is 0 Å². The molecule has 1 unspecified atom stereocenters. The minimum absolute atomic E-state index is 0.0826. The number of halogens is 3. The zero-order valence-electron chi connectivity index (χ0n) is 10.8. The van der Waals surface area contributed by atoms with Gasteiger partial charge in [-0.1, -0.05) is 19.1 Å². The fourth-order valence-corrected chi connectivity index (χ4v) is 1.67. The highest BCUT2D eigenvalue weighted by atomic mass is 19.4. The van der Waals surface area contributed by atoms with E-state index < -0.39 is 35.0 Å². The Kier molecular flexibility index (Phi) is 4.69. The number of alkyl halides is 3. The van der Waals surface area contributed by atoms with E-state index in [2.05, 4.69) is 5.32 Å². The van der Waals surface area contributed by atoms with Gasteiger partial charge in [-0.05, 0) is 12.0 Å². The van der Waals surface area contributed by atoms with Crippen LogP contribution in [0.25, 0.3) is 0 Å². The zero-order chi connectivity index (χ0) is 15.5. The van der Waals surface area contributed by atoms with Gasteiger partial charge in [-0.3, -0.25) is 14.9 Å². The molecular weight excluding hydrogens is 277 g/mol. The van der Waals surface area contributed by atoms with Crippen molar-refractivity contribution < 1.29 is 22.9 Å². The number of carbonyl (C=O) groups excluding carboxylic acids is 1. The van der Waals surface area contributed by atoms with Crippen LogP contribution >= 0.6 is 0 Å². The number of nitro benzene ring substituents is 1. The predicted octanol–water partition coefficient (Wildman–Crippen LogP) is 3.29. The molecule has 1 N–H and O–H groups in total. The summed E-state index contributed by atoms with van der Waals surface area (Å²) in [5.41, 5.74) is -0.521. The number of hydrogen-bond acceptors (Lipinski definition) is 3. The maximum atomic E-state index is 12.6. The van der Waals surface area contributed by atoms with E-state index in [0.717, 1.165) is 19.9 Å². The Balaban J connectivity index is 3.21.